The third-order valence-electron chi connectivity index (χ3n) is 4.14. The van der Waals surface area contributed by atoms with Gasteiger partial charge in [0.05, 0.1) is 6.20 Å². The van der Waals surface area contributed by atoms with Crippen LogP contribution in [0.25, 0.3) is 0 Å². The van der Waals surface area contributed by atoms with Crippen LogP contribution in [0, 0.1) is 0 Å². The van der Waals surface area contributed by atoms with Gasteiger partial charge in [0.25, 0.3) is 0 Å². The maximum Gasteiger partial charge on any atom is 0.244 e. The third-order valence-corrected chi connectivity index (χ3v) is 4.14. The van der Waals surface area contributed by atoms with Gasteiger partial charge in [0.2, 0.25) is 5.95 Å². The first-order valence-corrected chi connectivity index (χ1v) is 9.01. The van der Waals surface area contributed by atoms with Gasteiger partial charge in [0.1, 0.15) is 13.2 Å². The number of aryl methyl sites for hydroxylation is 1. The van der Waals surface area contributed by atoms with Gasteiger partial charge < -0.3 is 20.1 Å². The molecule has 1 aliphatic rings. The van der Waals surface area contributed by atoms with E-state index in [0.29, 0.717) is 25.0 Å². The fourth-order valence-corrected chi connectivity index (χ4v) is 2.85. The molecule has 3 aromatic rings. The summed E-state index contributed by atoms with van der Waals surface area (Å²) < 4.78 is 11.1. The number of ether oxygens (including phenoxy) is 2. The van der Waals surface area contributed by atoms with Crippen molar-refractivity contribution in [2.75, 3.05) is 30.4 Å². The van der Waals surface area contributed by atoms with Crippen LogP contribution < -0.4 is 20.1 Å². The molecular formula is C20H21N5O2. The van der Waals surface area contributed by atoms with Crippen molar-refractivity contribution < 1.29 is 9.47 Å². The maximum atomic E-state index is 5.60. The number of anilines is 3. The van der Waals surface area contributed by atoms with Crippen LogP contribution in [0.5, 0.6) is 11.5 Å². The van der Waals surface area contributed by atoms with E-state index in [9.17, 15) is 0 Å². The van der Waals surface area contributed by atoms with Crippen molar-refractivity contribution in [2.45, 2.75) is 12.8 Å². The molecule has 1 aliphatic heterocycles. The van der Waals surface area contributed by atoms with E-state index in [2.05, 4.69) is 50.1 Å². The number of benzene rings is 2. The summed E-state index contributed by atoms with van der Waals surface area (Å²) in [6.45, 7) is 1.92. The molecule has 2 heterocycles. The lowest BCUT2D eigenvalue weighted by Gasteiger charge is -2.19. The van der Waals surface area contributed by atoms with Gasteiger partial charge in [-0.1, -0.05) is 30.3 Å². The molecule has 0 amide bonds. The van der Waals surface area contributed by atoms with Crippen molar-refractivity contribution in [3.8, 4) is 11.5 Å². The number of fused-ring (bicyclic) bond motifs is 1. The second-order valence-corrected chi connectivity index (χ2v) is 6.16. The van der Waals surface area contributed by atoms with E-state index in [0.717, 1.165) is 36.6 Å². The van der Waals surface area contributed by atoms with Gasteiger partial charge in [0, 0.05) is 18.3 Å². The van der Waals surface area contributed by atoms with E-state index >= 15 is 0 Å². The van der Waals surface area contributed by atoms with E-state index in [1.54, 1.807) is 6.20 Å². The minimum absolute atomic E-state index is 0.505. The van der Waals surface area contributed by atoms with Gasteiger partial charge in [-0.3, -0.25) is 0 Å². The van der Waals surface area contributed by atoms with E-state index in [1.165, 1.54) is 5.56 Å². The summed E-state index contributed by atoms with van der Waals surface area (Å²) in [6.07, 6.45) is 3.59. The van der Waals surface area contributed by atoms with Crippen molar-refractivity contribution in [3.63, 3.8) is 0 Å². The van der Waals surface area contributed by atoms with E-state index in [-0.39, 0.29) is 0 Å². The molecular weight excluding hydrogens is 342 g/mol. The zero-order chi connectivity index (χ0) is 18.3. The SMILES string of the molecule is c1ccc(CCCNc2nncc(Nc3ccc4c(c3)OCCO4)n2)cc1. The van der Waals surface area contributed by atoms with E-state index in [4.69, 9.17) is 9.47 Å². The van der Waals surface area contributed by atoms with Crippen LogP contribution in [0.15, 0.2) is 54.7 Å². The Kier molecular flexibility index (Phi) is 5.29. The average Bonchev–Trinajstić information content (AvgIpc) is 2.72. The molecule has 4 rings (SSSR count). The molecule has 2 aromatic carbocycles. The Morgan fingerprint density at radius 2 is 1.81 bits per heavy atom. The van der Waals surface area contributed by atoms with Crippen LogP contribution >= 0.6 is 0 Å². The second-order valence-electron chi connectivity index (χ2n) is 6.16. The lowest BCUT2D eigenvalue weighted by molar-refractivity contribution is 0.171. The summed E-state index contributed by atoms with van der Waals surface area (Å²) in [5.74, 6) is 2.61. The van der Waals surface area contributed by atoms with Crippen LogP contribution in [0.4, 0.5) is 17.5 Å². The molecule has 138 valence electrons. The number of hydrogen-bond donors (Lipinski definition) is 2. The second kappa shape index (κ2) is 8.35. The summed E-state index contributed by atoms with van der Waals surface area (Å²) in [5, 5.41) is 14.5. The lowest BCUT2D eigenvalue weighted by Crippen LogP contribution is -2.15. The minimum atomic E-state index is 0.505. The fourth-order valence-electron chi connectivity index (χ4n) is 2.85. The van der Waals surface area contributed by atoms with Crippen molar-refractivity contribution in [2.24, 2.45) is 0 Å². The van der Waals surface area contributed by atoms with Crippen LogP contribution in [0.1, 0.15) is 12.0 Å². The highest BCUT2D eigenvalue weighted by atomic mass is 16.6. The molecule has 0 unspecified atom stereocenters. The van der Waals surface area contributed by atoms with Gasteiger partial charge in [0.15, 0.2) is 17.3 Å². The highest BCUT2D eigenvalue weighted by Gasteiger charge is 2.12. The summed E-state index contributed by atoms with van der Waals surface area (Å²) >= 11 is 0. The van der Waals surface area contributed by atoms with Crippen molar-refractivity contribution in [1.29, 1.82) is 0 Å². The normalized spacial score (nSPS) is 12.4. The molecule has 0 saturated heterocycles. The first-order chi connectivity index (χ1) is 13.4. The summed E-state index contributed by atoms with van der Waals surface area (Å²) in [6, 6.07) is 16.1. The monoisotopic (exact) mass is 363 g/mol. The van der Waals surface area contributed by atoms with Gasteiger partial charge in [-0.2, -0.15) is 10.1 Å². The van der Waals surface area contributed by atoms with Crippen molar-refractivity contribution in [3.05, 3.63) is 60.3 Å². The Bertz CT molecular complexity index is 889. The van der Waals surface area contributed by atoms with Crippen LogP contribution in [-0.2, 0) is 6.42 Å². The zero-order valence-electron chi connectivity index (χ0n) is 14.9. The Hall–Kier alpha value is -3.35. The van der Waals surface area contributed by atoms with E-state index < -0.39 is 0 Å². The molecule has 2 N–H and O–H groups in total. The molecule has 0 aliphatic carbocycles. The first kappa shape index (κ1) is 17.1. The molecule has 0 radical (unpaired) electrons. The summed E-state index contributed by atoms with van der Waals surface area (Å²) in [5.41, 5.74) is 2.18. The number of hydrogen-bond acceptors (Lipinski definition) is 7. The Morgan fingerprint density at radius 1 is 0.963 bits per heavy atom. The highest BCUT2D eigenvalue weighted by Crippen LogP contribution is 2.33. The van der Waals surface area contributed by atoms with Crippen molar-refractivity contribution >= 4 is 17.5 Å². The number of nitrogens with one attached hydrogen (secondary N) is 2. The molecule has 7 nitrogen and oxygen atoms in total. The molecule has 0 bridgehead atoms. The molecule has 7 heteroatoms. The van der Waals surface area contributed by atoms with Gasteiger partial charge in [-0.05, 0) is 30.5 Å². The largest absolute Gasteiger partial charge is 0.486 e. The maximum absolute atomic E-state index is 5.60. The standard InChI is InChI=1S/C20H21N5O2/c1-2-5-15(6-3-1)7-4-10-21-20-24-19(14-22-25-20)23-16-8-9-17-18(13-16)27-12-11-26-17/h1-3,5-6,8-9,13-14H,4,7,10-12H2,(H2,21,23,24,25). The summed E-state index contributed by atoms with van der Waals surface area (Å²) in [4.78, 5) is 4.46. The lowest BCUT2D eigenvalue weighted by atomic mass is 10.1. The first-order valence-electron chi connectivity index (χ1n) is 9.01. The van der Waals surface area contributed by atoms with Crippen LogP contribution in [-0.4, -0.2) is 34.9 Å². The smallest absolute Gasteiger partial charge is 0.244 e. The molecule has 0 fully saturated rings. The van der Waals surface area contributed by atoms with Gasteiger partial charge in [-0.25, -0.2) is 0 Å². The summed E-state index contributed by atoms with van der Waals surface area (Å²) in [7, 11) is 0. The van der Waals surface area contributed by atoms with Crippen LogP contribution in [0.3, 0.4) is 0 Å². The molecule has 0 atom stereocenters. The molecule has 0 saturated carbocycles. The molecule has 0 spiro atoms. The highest BCUT2D eigenvalue weighted by molar-refractivity contribution is 5.61. The predicted molar refractivity (Wildman–Crippen MR) is 104 cm³/mol. The van der Waals surface area contributed by atoms with Crippen molar-refractivity contribution in [1.82, 2.24) is 15.2 Å². The zero-order valence-corrected chi connectivity index (χ0v) is 14.9. The molecule has 1 aromatic heterocycles. The quantitative estimate of drug-likeness (QED) is 0.622. The van der Waals surface area contributed by atoms with E-state index in [1.807, 2.05) is 24.3 Å². The van der Waals surface area contributed by atoms with Crippen LogP contribution in [0.2, 0.25) is 0 Å². The number of rotatable bonds is 7. The molecule has 27 heavy (non-hydrogen) atoms. The number of aromatic nitrogens is 3. The minimum Gasteiger partial charge on any atom is -0.486 e. The third kappa shape index (κ3) is 4.63. The average molecular weight is 363 g/mol. The fraction of sp³-hybridized carbons (Fsp3) is 0.250. The predicted octanol–water partition coefficient (Wildman–Crippen LogP) is 3.43. The number of nitrogens with zero attached hydrogens (tertiary/aromatic N) is 3. The van der Waals surface area contributed by atoms with Gasteiger partial charge in [-0.15, -0.1) is 5.10 Å². The Balaban J connectivity index is 1.32. The Labute approximate surface area is 157 Å². The Morgan fingerprint density at radius 3 is 2.70 bits per heavy atom. The van der Waals surface area contributed by atoms with Gasteiger partial charge >= 0.3 is 0 Å². The topological polar surface area (TPSA) is 81.2 Å².